The first-order chi connectivity index (χ1) is 13.7. The molecule has 1 aliphatic rings. The highest BCUT2D eigenvalue weighted by Gasteiger charge is 2.35. The predicted molar refractivity (Wildman–Crippen MR) is 107 cm³/mol. The minimum absolute atomic E-state index is 0.235. The lowest BCUT2D eigenvalue weighted by Crippen LogP contribution is -2.45. The minimum atomic E-state index is -0.684. The molecule has 0 aliphatic carbocycles. The molecular formula is C22H24N2O4. The number of carbonyl (C=O) groups is 2. The summed E-state index contributed by atoms with van der Waals surface area (Å²) in [6.07, 6.45) is 0.850. The van der Waals surface area contributed by atoms with Gasteiger partial charge in [-0.25, -0.2) is 9.59 Å². The second-order valence-corrected chi connectivity index (χ2v) is 6.29. The molecule has 0 saturated heterocycles. The molecule has 0 bridgehead atoms. The molecule has 2 amide bonds. The van der Waals surface area contributed by atoms with E-state index in [-0.39, 0.29) is 12.6 Å². The lowest BCUT2D eigenvalue weighted by Gasteiger charge is -2.30. The highest BCUT2D eigenvalue weighted by Crippen LogP contribution is 2.36. The summed E-state index contributed by atoms with van der Waals surface area (Å²) in [5.74, 6) is 0.148. The first-order valence-electron chi connectivity index (χ1n) is 9.41. The van der Waals surface area contributed by atoms with Gasteiger partial charge in [-0.3, -0.25) is 0 Å². The number of amides is 2. The summed E-state index contributed by atoms with van der Waals surface area (Å²) in [5.41, 5.74) is 2.23. The summed E-state index contributed by atoms with van der Waals surface area (Å²) in [6, 6.07) is 15.6. The van der Waals surface area contributed by atoms with Gasteiger partial charge in [0.15, 0.2) is 0 Å². The first-order valence-corrected chi connectivity index (χ1v) is 9.41. The topological polar surface area (TPSA) is 76.7 Å². The molecule has 2 aromatic rings. The number of hydrogen-bond acceptors (Lipinski definition) is 4. The molecule has 1 atom stereocenters. The third kappa shape index (κ3) is 4.17. The highest BCUT2D eigenvalue weighted by molar-refractivity contribution is 6.04. The summed E-state index contributed by atoms with van der Waals surface area (Å²) < 4.78 is 11.2. The molecule has 0 saturated carbocycles. The van der Waals surface area contributed by atoms with Crippen LogP contribution < -0.4 is 15.4 Å². The second kappa shape index (κ2) is 9.08. The van der Waals surface area contributed by atoms with Crippen molar-refractivity contribution in [1.29, 1.82) is 0 Å². The van der Waals surface area contributed by atoms with Crippen LogP contribution in [0.15, 0.2) is 60.2 Å². The van der Waals surface area contributed by atoms with E-state index in [1.807, 2.05) is 61.5 Å². The minimum Gasteiger partial charge on any atom is -0.493 e. The van der Waals surface area contributed by atoms with E-state index < -0.39 is 12.0 Å². The van der Waals surface area contributed by atoms with Gasteiger partial charge >= 0.3 is 12.0 Å². The van der Waals surface area contributed by atoms with Crippen LogP contribution in [0.3, 0.4) is 0 Å². The van der Waals surface area contributed by atoms with Crippen molar-refractivity contribution >= 4 is 17.7 Å². The standard InChI is InChI=1S/C22H24N2O4/c1-3-14-28-17-13-9-8-12-16(17)20-18(21(25)27-4-2)19(23-22(26)24-20)15-10-6-5-7-11-15/h5-13,20H,3-4,14H2,1-2H3,(H2,23,24,26). The maximum Gasteiger partial charge on any atom is 0.338 e. The molecule has 28 heavy (non-hydrogen) atoms. The van der Waals surface area contributed by atoms with Crippen molar-refractivity contribution in [2.75, 3.05) is 13.2 Å². The van der Waals surface area contributed by atoms with E-state index in [0.29, 0.717) is 29.2 Å². The van der Waals surface area contributed by atoms with Crippen LogP contribution in [-0.2, 0) is 9.53 Å². The molecule has 0 radical (unpaired) electrons. The van der Waals surface area contributed by atoms with Crippen LogP contribution >= 0.6 is 0 Å². The molecular weight excluding hydrogens is 356 g/mol. The van der Waals surface area contributed by atoms with Crippen molar-refractivity contribution in [2.45, 2.75) is 26.3 Å². The van der Waals surface area contributed by atoms with Crippen LogP contribution in [0.25, 0.3) is 5.70 Å². The van der Waals surface area contributed by atoms with Crippen LogP contribution in [0, 0.1) is 0 Å². The van der Waals surface area contributed by atoms with Crippen molar-refractivity contribution < 1.29 is 19.1 Å². The third-order valence-electron chi connectivity index (χ3n) is 4.32. The molecule has 1 unspecified atom stereocenters. The molecule has 2 aromatic carbocycles. The fraction of sp³-hybridized carbons (Fsp3) is 0.273. The molecule has 146 valence electrons. The molecule has 6 nitrogen and oxygen atoms in total. The molecule has 0 aromatic heterocycles. The summed E-state index contributed by atoms with van der Waals surface area (Å²) in [5, 5.41) is 5.62. The van der Waals surface area contributed by atoms with Crippen LogP contribution in [0.2, 0.25) is 0 Å². The number of ether oxygens (including phenoxy) is 2. The number of carbonyl (C=O) groups excluding carboxylic acids is 2. The molecule has 1 heterocycles. The zero-order valence-electron chi connectivity index (χ0n) is 16.0. The van der Waals surface area contributed by atoms with Gasteiger partial charge in [0.25, 0.3) is 0 Å². The van der Waals surface area contributed by atoms with E-state index in [4.69, 9.17) is 9.47 Å². The Kier molecular flexibility index (Phi) is 6.32. The van der Waals surface area contributed by atoms with Crippen LogP contribution in [0.4, 0.5) is 4.79 Å². The maximum absolute atomic E-state index is 12.9. The number of urea groups is 1. The average molecular weight is 380 g/mol. The average Bonchev–Trinajstić information content (AvgIpc) is 2.72. The second-order valence-electron chi connectivity index (χ2n) is 6.29. The number of para-hydroxylation sites is 1. The number of hydrogen-bond donors (Lipinski definition) is 2. The Labute approximate surface area is 164 Å². The Morgan fingerprint density at radius 3 is 2.46 bits per heavy atom. The summed E-state index contributed by atoms with van der Waals surface area (Å²) in [4.78, 5) is 25.3. The molecule has 1 aliphatic heterocycles. The van der Waals surface area contributed by atoms with Gasteiger partial charge < -0.3 is 20.1 Å². The maximum atomic E-state index is 12.9. The zero-order chi connectivity index (χ0) is 19.9. The fourth-order valence-electron chi connectivity index (χ4n) is 3.12. The van der Waals surface area contributed by atoms with Crippen LogP contribution in [0.1, 0.15) is 37.4 Å². The number of rotatable bonds is 7. The van der Waals surface area contributed by atoms with Crippen molar-refractivity contribution in [3.05, 3.63) is 71.3 Å². The lowest BCUT2D eigenvalue weighted by atomic mass is 9.92. The Balaban J connectivity index is 2.16. The Bertz CT molecular complexity index is 877. The van der Waals surface area contributed by atoms with Crippen LogP contribution in [0.5, 0.6) is 5.75 Å². The Hall–Kier alpha value is -3.28. The van der Waals surface area contributed by atoms with Gasteiger partial charge in [0.05, 0.1) is 30.5 Å². The predicted octanol–water partition coefficient (Wildman–Crippen LogP) is 3.80. The number of nitrogens with one attached hydrogen (secondary N) is 2. The van der Waals surface area contributed by atoms with E-state index in [9.17, 15) is 9.59 Å². The van der Waals surface area contributed by atoms with Crippen molar-refractivity contribution in [1.82, 2.24) is 10.6 Å². The Morgan fingerprint density at radius 2 is 1.75 bits per heavy atom. The highest BCUT2D eigenvalue weighted by atomic mass is 16.5. The molecule has 2 N–H and O–H groups in total. The quantitative estimate of drug-likeness (QED) is 0.716. The van der Waals surface area contributed by atoms with Crippen LogP contribution in [-0.4, -0.2) is 25.2 Å². The van der Waals surface area contributed by atoms with Gasteiger partial charge in [0, 0.05) is 5.56 Å². The van der Waals surface area contributed by atoms with Gasteiger partial charge in [-0.15, -0.1) is 0 Å². The van der Waals surface area contributed by atoms with E-state index in [0.717, 1.165) is 12.0 Å². The summed E-state index contributed by atoms with van der Waals surface area (Å²) >= 11 is 0. The van der Waals surface area contributed by atoms with Crippen molar-refractivity contribution in [3.63, 3.8) is 0 Å². The number of benzene rings is 2. The van der Waals surface area contributed by atoms with Gasteiger partial charge in [0.1, 0.15) is 5.75 Å². The third-order valence-corrected chi connectivity index (χ3v) is 4.32. The smallest absolute Gasteiger partial charge is 0.338 e. The number of esters is 1. The van der Waals surface area contributed by atoms with Gasteiger partial charge in [-0.1, -0.05) is 55.5 Å². The van der Waals surface area contributed by atoms with Gasteiger partial charge in [-0.05, 0) is 25.0 Å². The van der Waals surface area contributed by atoms with E-state index in [2.05, 4.69) is 10.6 Å². The summed E-state index contributed by atoms with van der Waals surface area (Å²) in [7, 11) is 0. The monoisotopic (exact) mass is 380 g/mol. The molecule has 0 fully saturated rings. The van der Waals surface area contributed by atoms with Crippen molar-refractivity contribution in [2.24, 2.45) is 0 Å². The zero-order valence-corrected chi connectivity index (χ0v) is 16.0. The Morgan fingerprint density at radius 1 is 1.04 bits per heavy atom. The van der Waals surface area contributed by atoms with E-state index in [1.54, 1.807) is 6.92 Å². The lowest BCUT2D eigenvalue weighted by molar-refractivity contribution is -0.138. The largest absolute Gasteiger partial charge is 0.493 e. The normalized spacial score (nSPS) is 16.2. The SMILES string of the molecule is CCCOc1ccccc1C1NC(=O)NC(c2ccccc2)=C1C(=O)OCC. The van der Waals surface area contributed by atoms with Gasteiger partial charge in [-0.2, -0.15) is 0 Å². The fourth-order valence-corrected chi connectivity index (χ4v) is 3.12. The van der Waals surface area contributed by atoms with Gasteiger partial charge in [0.2, 0.25) is 0 Å². The molecule has 6 heteroatoms. The first kappa shape index (κ1) is 19.5. The van der Waals surface area contributed by atoms with E-state index >= 15 is 0 Å². The van der Waals surface area contributed by atoms with E-state index in [1.165, 1.54) is 0 Å². The van der Waals surface area contributed by atoms with Crippen molar-refractivity contribution in [3.8, 4) is 5.75 Å². The molecule has 0 spiro atoms. The summed E-state index contributed by atoms with van der Waals surface area (Å²) in [6.45, 7) is 4.55. The molecule has 3 rings (SSSR count).